The van der Waals surface area contributed by atoms with E-state index in [9.17, 15) is 9.59 Å². The van der Waals surface area contributed by atoms with Crippen LogP contribution in [-0.2, 0) is 9.59 Å². The van der Waals surface area contributed by atoms with Crippen molar-refractivity contribution in [1.82, 2.24) is 10.2 Å². The van der Waals surface area contributed by atoms with Gasteiger partial charge < -0.3 is 10.2 Å². The van der Waals surface area contributed by atoms with Crippen LogP contribution in [0.5, 0.6) is 0 Å². The van der Waals surface area contributed by atoms with Gasteiger partial charge in [0.1, 0.15) is 0 Å². The largest absolute Gasteiger partial charge is 0.353 e. The Morgan fingerprint density at radius 2 is 1.79 bits per heavy atom. The van der Waals surface area contributed by atoms with Crippen molar-refractivity contribution in [2.24, 2.45) is 5.92 Å². The molecule has 3 fully saturated rings. The van der Waals surface area contributed by atoms with E-state index < -0.39 is 0 Å². The number of likely N-dealkylation sites (tertiary alicyclic amines) is 1. The highest BCUT2D eigenvalue weighted by Gasteiger charge is 2.38. The van der Waals surface area contributed by atoms with Crippen LogP contribution in [0.25, 0.3) is 0 Å². The monoisotopic (exact) mass is 264 g/mol. The first-order valence-electron chi connectivity index (χ1n) is 7.84. The lowest BCUT2D eigenvalue weighted by molar-refractivity contribution is -0.139. The first-order valence-corrected chi connectivity index (χ1v) is 7.84. The highest BCUT2D eigenvalue weighted by Crippen LogP contribution is 2.32. The number of hydrogen-bond donors (Lipinski definition) is 1. The summed E-state index contributed by atoms with van der Waals surface area (Å²) in [5.41, 5.74) is 0. The lowest BCUT2D eigenvalue weighted by Crippen LogP contribution is -2.48. The van der Waals surface area contributed by atoms with Crippen molar-refractivity contribution in [3.63, 3.8) is 0 Å². The number of nitrogens with one attached hydrogen (secondary N) is 1. The summed E-state index contributed by atoms with van der Waals surface area (Å²) in [4.78, 5) is 26.1. The number of nitrogens with zero attached hydrogens (tertiary/aromatic N) is 1. The smallest absolute Gasteiger partial charge is 0.225 e. The van der Waals surface area contributed by atoms with Gasteiger partial charge in [0.2, 0.25) is 11.8 Å². The van der Waals surface area contributed by atoms with Gasteiger partial charge in [-0.15, -0.1) is 0 Å². The molecule has 0 bridgehead atoms. The molecule has 2 aliphatic carbocycles. The minimum Gasteiger partial charge on any atom is -0.353 e. The topological polar surface area (TPSA) is 49.4 Å². The van der Waals surface area contributed by atoms with Gasteiger partial charge in [0.15, 0.2) is 0 Å². The van der Waals surface area contributed by atoms with Crippen molar-refractivity contribution >= 4 is 11.8 Å². The SMILES string of the molecule is O=C(NC1CCCCC1)[C@@H]1CCC(=O)N(C2CC2)C1. The molecular formula is C15H24N2O2. The van der Waals surface area contributed by atoms with Crippen molar-refractivity contribution in [1.29, 1.82) is 0 Å². The zero-order chi connectivity index (χ0) is 13.2. The zero-order valence-corrected chi connectivity index (χ0v) is 11.6. The van der Waals surface area contributed by atoms with E-state index in [1.807, 2.05) is 4.90 Å². The Balaban J connectivity index is 1.52. The summed E-state index contributed by atoms with van der Waals surface area (Å²) in [5.74, 6) is 0.467. The number of rotatable bonds is 3. The quantitative estimate of drug-likeness (QED) is 0.845. The molecule has 0 spiro atoms. The highest BCUT2D eigenvalue weighted by molar-refractivity contribution is 5.84. The van der Waals surface area contributed by atoms with Crippen molar-refractivity contribution in [3.8, 4) is 0 Å². The molecule has 4 heteroatoms. The fourth-order valence-electron chi connectivity index (χ4n) is 3.39. The van der Waals surface area contributed by atoms with Gasteiger partial charge in [-0.05, 0) is 32.1 Å². The molecule has 3 aliphatic rings. The van der Waals surface area contributed by atoms with Gasteiger partial charge in [0.05, 0.1) is 5.92 Å². The maximum Gasteiger partial charge on any atom is 0.225 e. The fraction of sp³-hybridized carbons (Fsp3) is 0.867. The molecule has 0 aromatic carbocycles. The number of piperidine rings is 1. The number of amides is 2. The Kier molecular flexibility index (Phi) is 3.76. The summed E-state index contributed by atoms with van der Waals surface area (Å²) >= 11 is 0. The molecule has 0 radical (unpaired) electrons. The van der Waals surface area contributed by atoms with Gasteiger partial charge >= 0.3 is 0 Å². The summed E-state index contributed by atoms with van der Waals surface area (Å²) < 4.78 is 0. The zero-order valence-electron chi connectivity index (χ0n) is 11.6. The minimum atomic E-state index is 0.0280. The molecule has 2 saturated carbocycles. The standard InChI is InChI=1S/C15H24N2O2/c18-14-9-6-11(10-17(14)13-7-8-13)15(19)16-12-4-2-1-3-5-12/h11-13H,1-10H2,(H,16,19)/t11-/m1/s1. The molecule has 19 heavy (non-hydrogen) atoms. The molecule has 106 valence electrons. The second-order valence-corrected chi connectivity index (χ2v) is 6.36. The maximum absolute atomic E-state index is 12.3. The molecule has 3 rings (SSSR count). The average molecular weight is 264 g/mol. The lowest BCUT2D eigenvalue weighted by atomic mass is 9.92. The molecule has 2 amide bonds. The molecule has 1 atom stereocenters. The number of carbonyl (C=O) groups excluding carboxylic acids is 2. The van der Waals surface area contributed by atoms with Gasteiger partial charge in [0, 0.05) is 25.0 Å². The maximum atomic E-state index is 12.3. The summed E-state index contributed by atoms with van der Waals surface area (Å²) in [7, 11) is 0. The van der Waals surface area contributed by atoms with Crippen LogP contribution in [0.15, 0.2) is 0 Å². The number of carbonyl (C=O) groups is 2. The third-order valence-electron chi connectivity index (χ3n) is 4.75. The minimum absolute atomic E-state index is 0.0280. The van der Waals surface area contributed by atoms with Crippen LogP contribution >= 0.6 is 0 Å². The van der Waals surface area contributed by atoms with Gasteiger partial charge in [-0.3, -0.25) is 9.59 Å². The van der Waals surface area contributed by atoms with E-state index in [0.717, 1.165) is 32.1 Å². The molecule has 0 aromatic rings. The molecule has 1 N–H and O–H groups in total. The van der Waals surface area contributed by atoms with Crippen LogP contribution in [-0.4, -0.2) is 35.3 Å². The molecule has 0 unspecified atom stereocenters. The predicted octanol–water partition coefficient (Wildman–Crippen LogP) is 1.84. The van der Waals surface area contributed by atoms with E-state index in [2.05, 4.69) is 5.32 Å². The van der Waals surface area contributed by atoms with Gasteiger partial charge in [0.25, 0.3) is 0 Å². The van der Waals surface area contributed by atoms with Crippen LogP contribution < -0.4 is 5.32 Å². The molecule has 1 heterocycles. The summed E-state index contributed by atoms with van der Waals surface area (Å²) in [6.45, 7) is 0.655. The molecule has 0 aromatic heterocycles. The van der Waals surface area contributed by atoms with Crippen LogP contribution in [0.4, 0.5) is 0 Å². The fourth-order valence-corrected chi connectivity index (χ4v) is 3.39. The number of hydrogen-bond acceptors (Lipinski definition) is 2. The first kappa shape index (κ1) is 12.9. The summed E-state index contributed by atoms with van der Waals surface area (Å²) in [6.07, 6.45) is 9.59. The predicted molar refractivity (Wildman–Crippen MR) is 72.5 cm³/mol. The Bertz CT molecular complexity index is 359. The van der Waals surface area contributed by atoms with E-state index in [0.29, 0.717) is 25.0 Å². The highest BCUT2D eigenvalue weighted by atomic mass is 16.2. The Morgan fingerprint density at radius 3 is 2.47 bits per heavy atom. The van der Waals surface area contributed by atoms with Crippen LogP contribution in [0.3, 0.4) is 0 Å². The van der Waals surface area contributed by atoms with Crippen LogP contribution in [0.1, 0.15) is 57.8 Å². The Hall–Kier alpha value is -1.06. The van der Waals surface area contributed by atoms with Crippen molar-refractivity contribution in [2.45, 2.75) is 69.9 Å². The normalized spacial score (nSPS) is 29.4. The molecule has 1 aliphatic heterocycles. The van der Waals surface area contributed by atoms with E-state index in [-0.39, 0.29) is 17.7 Å². The van der Waals surface area contributed by atoms with Crippen molar-refractivity contribution in [2.75, 3.05) is 6.54 Å². The second-order valence-electron chi connectivity index (χ2n) is 6.36. The third kappa shape index (κ3) is 3.10. The van der Waals surface area contributed by atoms with Gasteiger partial charge in [-0.2, -0.15) is 0 Å². The van der Waals surface area contributed by atoms with E-state index >= 15 is 0 Å². The summed E-state index contributed by atoms with van der Waals surface area (Å²) in [6, 6.07) is 0.825. The Morgan fingerprint density at radius 1 is 1.05 bits per heavy atom. The lowest BCUT2D eigenvalue weighted by Gasteiger charge is -2.33. The van der Waals surface area contributed by atoms with Crippen LogP contribution in [0, 0.1) is 5.92 Å². The van der Waals surface area contributed by atoms with E-state index in [1.165, 1.54) is 19.3 Å². The van der Waals surface area contributed by atoms with Gasteiger partial charge in [-0.25, -0.2) is 0 Å². The van der Waals surface area contributed by atoms with Crippen LogP contribution in [0.2, 0.25) is 0 Å². The van der Waals surface area contributed by atoms with E-state index in [1.54, 1.807) is 0 Å². The Labute approximate surface area is 114 Å². The van der Waals surface area contributed by atoms with E-state index in [4.69, 9.17) is 0 Å². The second kappa shape index (κ2) is 5.51. The first-order chi connectivity index (χ1) is 9.24. The average Bonchev–Trinajstić information content (AvgIpc) is 3.24. The molecule has 4 nitrogen and oxygen atoms in total. The van der Waals surface area contributed by atoms with Gasteiger partial charge in [-0.1, -0.05) is 19.3 Å². The van der Waals surface area contributed by atoms with Crippen molar-refractivity contribution in [3.05, 3.63) is 0 Å². The van der Waals surface area contributed by atoms with Crippen molar-refractivity contribution < 1.29 is 9.59 Å². The summed E-state index contributed by atoms with van der Waals surface area (Å²) in [5, 5.41) is 3.21. The third-order valence-corrected chi connectivity index (χ3v) is 4.75. The molecule has 1 saturated heterocycles. The molecular weight excluding hydrogens is 240 g/mol.